The number of ether oxygens (including phenoxy) is 1. The summed E-state index contributed by atoms with van der Waals surface area (Å²) in [5.74, 6) is 0. The number of nitrogen functional groups attached to an aromatic ring is 1. The molecule has 19 heavy (non-hydrogen) atoms. The largest absolute Gasteiger partial charge is 0.399 e. The van der Waals surface area contributed by atoms with E-state index in [2.05, 4.69) is 17.0 Å². The molecule has 3 rings (SSSR count). The first kappa shape index (κ1) is 12.9. The summed E-state index contributed by atoms with van der Waals surface area (Å²) in [6.45, 7) is 3.07. The molecule has 3 nitrogen and oxygen atoms in total. The molecule has 0 radical (unpaired) electrons. The van der Waals surface area contributed by atoms with Crippen LogP contribution in [0, 0.1) is 0 Å². The van der Waals surface area contributed by atoms with Crippen LogP contribution in [0.3, 0.4) is 0 Å². The highest BCUT2D eigenvalue weighted by atomic mass is 16.5. The highest BCUT2D eigenvalue weighted by molar-refractivity contribution is 5.39. The zero-order valence-corrected chi connectivity index (χ0v) is 11.6. The molecular weight excluding hydrogens is 236 g/mol. The van der Waals surface area contributed by atoms with Crippen molar-refractivity contribution in [3.8, 4) is 0 Å². The van der Waals surface area contributed by atoms with Crippen molar-refractivity contribution >= 4 is 5.69 Å². The summed E-state index contributed by atoms with van der Waals surface area (Å²) in [6.07, 6.45) is 6.93. The van der Waals surface area contributed by atoms with Crippen molar-refractivity contribution in [3.63, 3.8) is 0 Å². The van der Waals surface area contributed by atoms with Crippen molar-refractivity contribution in [2.24, 2.45) is 0 Å². The van der Waals surface area contributed by atoms with Crippen LogP contribution in [0.15, 0.2) is 24.3 Å². The predicted octanol–water partition coefficient (Wildman–Crippen LogP) is 2.80. The molecule has 1 unspecified atom stereocenters. The average Bonchev–Trinajstić information content (AvgIpc) is 3.26. The average molecular weight is 260 g/mol. The Bertz CT molecular complexity index is 394. The van der Waals surface area contributed by atoms with Crippen molar-refractivity contribution < 1.29 is 4.74 Å². The summed E-state index contributed by atoms with van der Waals surface area (Å²) >= 11 is 0. The molecule has 1 saturated carbocycles. The molecule has 1 heterocycles. The zero-order valence-electron chi connectivity index (χ0n) is 11.6. The van der Waals surface area contributed by atoms with E-state index >= 15 is 0 Å². The van der Waals surface area contributed by atoms with Crippen LogP contribution in [0.1, 0.15) is 37.7 Å². The number of anilines is 1. The van der Waals surface area contributed by atoms with Gasteiger partial charge in [0.1, 0.15) is 0 Å². The third kappa shape index (κ3) is 3.71. The van der Waals surface area contributed by atoms with E-state index in [1.54, 1.807) is 0 Å². The molecule has 1 atom stereocenters. The fourth-order valence-electron chi connectivity index (χ4n) is 2.85. The van der Waals surface area contributed by atoms with Gasteiger partial charge in [0, 0.05) is 31.4 Å². The van der Waals surface area contributed by atoms with Gasteiger partial charge in [-0.3, -0.25) is 4.90 Å². The van der Waals surface area contributed by atoms with Gasteiger partial charge >= 0.3 is 0 Å². The Morgan fingerprint density at radius 2 is 1.89 bits per heavy atom. The predicted molar refractivity (Wildman–Crippen MR) is 77.9 cm³/mol. The van der Waals surface area contributed by atoms with E-state index < -0.39 is 0 Å². The van der Waals surface area contributed by atoms with Gasteiger partial charge < -0.3 is 10.5 Å². The molecule has 2 fully saturated rings. The lowest BCUT2D eigenvalue weighted by atomic mass is 10.1. The Kier molecular flexibility index (Phi) is 4.04. The lowest BCUT2D eigenvalue weighted by Gasteiger charge is -2.30. The summed E-state index contributed by atoms with van der Waals surface area (Å²) in [6, 6.07) is 9.07. The number of hydrogen-bond acceptors (Lipinski definition) is 3. The number of benzene rings is 1. The minimum Gasteiger partial charge on any atom is -0.399 e. The monoisotopic (exact) mass is 260 g/mol. The second-order valence-corrected chi connectivity index (χ2v) is 5.89. The number of hydrogen-bond donors (Lipinski definition) is 1. The molecule has 2 N–H and O–H groups in total. The summed E-state index contributed by atoms with van der Waals surface area (Å²) < 4.78 is 5.88. The van der Waals surface area contributed by atoms with Crippen molar-refractivity contribution in [3.05, 3.63) is 29.8 Å². The number of rotatable bonds is 5. The van der Waals surface area contributed by atoms with Crippen molar-refractivity contribution in [1.29, 1.82) is 0 Å². The molecule has 0 aromatic heterocycles. The normalized spacial score (nSPS) is 23.7. The highest BCUT2D eigenvalue weighted by Gasteiger charge is 2.31. The highest BCUT2D eigenvalue weighted by Crippen LogP contribution is 2.29. The van der Waals surface area contributed by atoms with Gasteiger partial charge in [0.25, 0.3) is 0 Å². The Labute approximate surface area is 115 Å². The van der Waals surface area contributed by atoms with Gasteiger partial charge in [-0.05, 0) is 49.8 Å². The van der Waals surface area contributed by atoms with Crippen LogP contribution < -0.4 is 5.73 Å². The van der Waals surface area contributed by atoms with Gasteiger partial charge in [0.15, 0.2) is 0 Å². The van der Waals surface area contributed by atoms with Gasteiger partial charge in [-0.2, -0.15) is 0 Å². The van der Waals surface area contributed by atoms with Crippen LogP contribution >= 0.6 is 0 Å². The van der Waals surface area contributed by atoms with Crippen LogP contribution in [0.5, 0.6) is 0 Å². The van der Waals surface area contributed by atoms with Gasteiger partial charge in [-0.1, -0.05) is 12.1 Å². The Morgan fingerprint density at radius 3 is 2.53 bits per heavy atom. The van der Waals surface area contributed by atoms with E-state index in [9.17, 15) is 0 Å². The van der Waals surface area contributed by atoms with Crippen molar-refractivity contribution in [1.82, 2.24) is 4.90 Å². The van der Waals surface area contributed by atoms with Gasteiger partial charge in [0.05, 0.1) is 6.10 Å². The topological polar surface area (TPSA) is 38.5 Å². The Morgan fingerprint density at radius 1 is 1.11 bits per heavy atom. The van der Waals surface area contributed by atoms with E-state index in [1.807, 2.05) is 12.1 Å². The second kappa shape index (κ2) is 5.93. The summed E-state index contributed by atoms with van der Waals surface area (Å²) in [5.41, 5.74) is 7.95. The van der Waals surface area contributed by atoms with Crippen molar-refractivity contribution in [2.75, 3.05) is 18.9 Å². The molecule has 2 aliphatic rings. The minimum absolute atomic E-state index is 0.447. The number of nitrogens with zero attached hydrogens (tertiary/aromatic N) is 1. The summed E-state index contributed by atoms with van der Waals surface area (Å²) in [5, 5.41) is 0. The maximum atomic E-state index is 5.88. The van der Waals surface area contributed by atoms with Gasteiger partial charge in [0.2, 0.25) is 0 Å². The van der Waals surface area contributed by atoms with Crippen LogP contribution in [-0.2, 0) is 11.3 Å². The fraction of sp³-hybridized carbons (Fsp3) is 0.625. The summed E-state index contributed by atoms with van der Waals surface area (Å²) in [7, 11) is 0. The van der Waals surface area contributed by atoms with Gasteiger partial charge in [-0.15, -0.1) is 0 Å². The molecule has 1 aliphatic heterocycles. The van der Waals surface area contributed by atoms with E-state index in [0.29, 0.717) is 6.10 Å². The van der Waals surface area contributed by atoms with Crippen LogP contribution in [0.2, 0.25) is 0 Å². The molecular formula is C16H24N2O. The molecule has 0 bridgehead atoms. The van der Waals surface area contributed by atoms with E-state index in [0.717, 1.165) is 31.4 Å². The zero-order chi connectivity index (χ0) is 13.1. The van der Waals surface area contributed by atoms with Crippen LogP contribution in [-0.4, -0.2) is 30.2 Å². The van der Waals surface area contributed by atoms with Crippen LogP contribution in [0.25, 0.3) is 0 Å². The molecule has 1 aliphatic carbocycles. The molecule has 3 heteroatoms. The smallest absolute Gasteiger partial charge is 0.0702 e. The first-order valence-corrected chi connectivity index (χ1v) is 7.51. The summed E-state index contributed by atoms with van der Waals surface area (Å²) in [4.78, 5) is 2.60. The minimum atomic E-state index is 0.447. The lowest BCUT2D eigenvalue weighted by Crippen LogP contribution is -2.36. The second-order valence-electron chi connectivity index (χ2n) is 5.89. The van der Waals surface area contributed by atoms with Gasteiger partial charge in [-0.25, -0.2) is 0 Å². The lowest BCUT2D eigenvalue weighted by molar-refractivity contribution is -0.00879. The van der Waals surface area contributed by atoms with Crippen LogP contribution in [0.4, 0.5) is 5.69 Å². The first-order valence-electron chi connectivity index (χ1n) is 7.51. The Hall–Kier alpha value is -1.06. The standard InChI is InChI=1S/C16H24N2O/c17-14-6-4-13(5-7-14)11-18(15-8-9-15)12-16-3-1-2-10-19-16/h4-7,15-16H,1-3,8-12,17H2. The maximum absolute atomic E-state index is 5.88. The number of nitrogens with two attached hydrogens (primary N) is 1. The third-order valence-corrected chi connectivity index (χ3v) is 4.14. The molecule has 1 aromatic rings. The SMILES string of the molecule is Nc1ccc(CN(CC2CCCCO2)C2CC2)cc1. The van der Waals surface area contributed by atoms with E-state index in [-0.39, 0.29) is 0 Å². The third-order valence-electron chi connectivity index (χ3n) is 4.14. The molecule has 1 aromatic carbocycles. The fourth-order valence-corrected chi connectivity index (χ4v) is 2.85. The first-order chi connectivity index (χ1) is 9.31. The van der Waals surface area contributed by atoms with E-state index in [4.69, 9.17) is 10.5 Å². The van der Waals surface area contributed by atoms with E-state index in [1.165, 1.54) is 37.7 Å². The molecule has 0 spiro atoms. The molecule has 104 valence electrons. The molecule has 1 saturated heterocycles. The molecule has 0 amide bonds. The Balaban J connectivity index is 1.59. The maximum Gasteiger partial charge on any atom is 0.0702 e. The van der Waals surface area contributed by atoms with Crippen molar-refractivity contribution in [2.45, 2.75) is 50.8 Å². The quantitative estimate of drug-likeness (QED) is 0.827.